The molecule has 1 aliphatic rings. The van der Waals surface area contributed by atoms with Crippen molar-refractivity contribution >= 4 is 17.5 Å². The van der Waals surface area contributed by atoms with Gasteiger partial charge in [-0.15, -0.1) is 0 Å². The molecule has 0 aromatic heterocycles. The Hall–Kier alpha value is -1.19. The van der Waals surface area contributed by atoms with Gasteiger partial charge in [-0.2, -0.15) is 0 Å². The maximum absolute atomic E-state index is 11.7. The molecule has 0 heterocycles. The SMILES string of the molecule is CCOC(=O)C(C(C)=O)C1(CC(C)=O)CC1. The summed E-state index contributed by atoms with van der Waals surface area (Å²) in [5.41, 5.74) is -0.441. The summed E-state index contributed by atoms with van der Waals surface area (Å²) in [6, 6.07) is 0. The van der Waals surface area contributed by atoms with Gasteiger partial charge in [0.15, 0.2) is 0 Å². The van der Waals surface area contributed by atoms with Crippen molar-refractivity contribution in [3.8, 4) is 0 Å². The average Bonchev–Trinajstić information content (AvgIpc) is 2.83. The summed E-state index contributed by atoms with van der Waals surface area (Å²) in [4.78, 5) is 34.4. The van der Waals surface area contributed by atoms with Crippen LogP contribution < -0.4 is 0 Å². The molecule has 0 radical (unpaired) electrons. The summed E-state index contributed by atoms with van der Waals surface area (Å²) in [7, 11) is 0. The van der Waals surface area contributed by atoms with Gasteiger partial charge in [-0.25, -0.2) is 0 Å². The first-order valence-electron chi connectivity index (χ1n) is 5.59. The molecular formula is C12H18O4. The van der Waals surface area contributed by atoms with E-state index in [2.05, 4.69) is 0 Å². The highest BCUT2D eigenvalue weighted by Gasteiger charge is 2.55. The predicted molar refractivity (Wildman–Crippen MR) is 57.8 cm³/mol. The summed E-state index contributed by atoms with van der Waals surface area (Å²) >= 11 is 0. The lowest BCUT2D eigenvalue weighted by Crippen LogP contribution is -2.34. The lowest BCUT2D eigenvalue weighted by atomic mass is 9.82. The van der Waals surface area contributed by atoms with Crippen LogP contribution >= 0.6 is 0 Å². The van der Waals surface area contributed by atoms with E-state index in [0.717, 1.165) is 12.8 Å². The topological polar surface area (TPSA) is 60.4 Å². The minimum Gasteiger partial charge on any atom is -0.465 e. The number of esters is 1. The van der Waals surface area contributed by atoms with Gasteiger partial charge in [-0.05, 0) is 39.0 Å². The van der Waals surface area contributed by atoms with E-state index >= 15 is 0 Å². The van der Waals surface area contributed by atoms with E-state index in [-0.39, 0.29) is 18.2 Å². The highest BCUT2D eigenvalue weighted by Crippen LogP contribution is 2.55. The molecule has 0 N–H and O–H groups in total. The Bertz CT molecular complexity index is 315. The fourth-order valence-electron chi connectivity index (χ4n) is 2.30. The molecule has 1 rings (SSSR count). The molecule has 0 aliphatic heterocycles. The monoisotopic (exact) mass is 226 g/mol. The van der Waals surface area contributed by atoms with Crippen molar-refractivity contribution in [2.75, 3.05) is 6.61 Å². The molecule has 1 atom stereocenters. The van der Waals surface area contributed by atoms with Crippen molar-refractivity contribution < 1.29 is 19.1 Å². The van der Waals surface area contributed by atoms with Gasteiger partial charge in [0.25, 0.3) is 0 Å². The standard InChI is InChI=1S/C12H18O4/c1-4-16-11(15)10(9(3)14)12(5-6-12)7-8(2)13/h10H,4-7H2,1-3H3. The first-order valence-corrected chi connectivity index (χ1v) is 5.59. The molecule has 1 saturated carbocycles. The third kappa shape index (κ3) is 2.68. The smallest absolute Gasteiger partial charge is 0.317 e. The van der Waals surface area contributed by atoms with Crippen molar-refractivity contribution in [2.24, 2.45) is 11.3 Å². The van der Waals surface area contributed by atoms with Gasteiger partial charge in [0.1, 0.15) is 17.5 Å². The van der Waals surface area contributed by atoms with Crippen molar-refractivity contribution in [1.82, 2.24) is 0 Å². The molecular weight excluding hydrogens is 208 g/mol. The Morgan fingerprint density at radius 3 is 2.12 bits per heavy atom. The van der Waals surface area contributed by atoms with Crippen LogP contribution in [-0.4, -0.2) is 24.1 Å². The van der Waals surface area contributed by atoms with Gasteiger partial charge in [0.2, 0.25) is 0 Å². The Morgan fingerprint density at radius 2 is 1.81 bits per heavy atom. The summed E-state index contributed by atoms with van der Waals surface area (Å²) in [5.74, 6) is -1.41. The third-order valence-corrected chi connectivity index (χ3v) is 3.03. The lowest BCUT2D eigenvalue weighted by Gasteiger charge is -2.21. The Labute approximate surface area is 95.3 Å². The van der Waals surface area contributed by atoms with Crippen LogP contribution in [0.5, 0.6) is 0 Å². The van der Waals surface area contributed by atoms with E-state index < -0.39 is 17.3 Å². The van der Waals surface area contributed by atoms with Crippen LogP contribution in [0.1, 0.15) is 40.0 Å². The van der Waals surface area contributed by atoms with E-state index in [1.165, 1.54) is 13.8 Å². The van der Waals surface area contributed by atoms with E-state index in [1.807, 2.05) is 0 Å². The van der Waals surface area contributed by atoms with E-state index in [4.69, 9.17) is 4.74 Å². The summed E-state index contributed by atoms with van der Waals surface area (Å²) in [6.45, 7) is 4.85. The summed E-state index contributed by atoms with van der Waals surface area (Å²) in [6.07, 6.45) is 1.82. The number of ketones is 2. The number of hydrogen-bond donors (Lipinski definition) is 0. The van der Waals surface area contributed by atoms with Crippen molar-refractivity contribution in [2.45, 2.75) is 40.0 Å². The second kappa shape index (κ2) is 4.76. The molecule has 4 heteroatoms. The largest absolute Gasteiger partial charge is 0.465 e. The minimum absolute atomic E-state index is 0.0213. The van der Waals surface area contributed by atoms with Gasteiger partial charge in [-0.3, -0.25) is 9.59 Å². The lowest BCUT2D eigenvalue weighted by molar-refractivity contribution is -0.154. The second-order valence-electron chi connectivity index (χ2n) is 4.54. The van der Waals surface area contributed by atoms with Gasteiger partial charge in [0.05, 0.1) is 6.61 Å². The maximum Gasteiger partial charge on any atom is 0.317 e. The number of carbonyl (C=O) groups is 3. The normalized spacial score (nSPS) is 18.7. The van der Waals surface area contributed by atoms with Gasteiger partial charge < -0.3 is 9.53 Å². The molecule has 1 aliphatic carbocycles. The molecule has 0 aromatic carbocycles. The van der Waals surface area contributed by atoms with E-state index in [9.17, 15) is 14.4 Å². The zero-order valence-electron chi connectivity index (χ0n) is 10.0. The van der Waals surface area contributed by atoms with Crippen LogP contribution in [0.3, 0.4) is 0 Å². The molecule has 1 fully saturated rings. The molecule has 4 nitrogen and oxygen atoms in total. The maximum atomic E-state index is 11.7. The Morgan fingerprint density at radius 1 is 1.25 bits per heavy atom. The molecule has 0 bridgehead atoms. The highest BCUT2D eigenvalue weighted by atomic mass is 16.5. The summed E-state index contributed by atoms with van der Waals surface area (Å²) in [5, 5.41) is 0. The molecule has 16 heavy (non-hydrogen) atoms. The van der Waals surface area contributed by atoms with Crippen LogP contribution in [0.4, 0.5) is 0 Å². The quantitative estimate of drug-likeness (QED) is 0.509. The Balaban J connectivity index is 2.82. The minimum atomic E-state index is -0.753. The zero-order valence-corrected chi connectivity index (χ0v) is 10.0. The predicted octanol–water partition coefficient (Wildman–Crippen LogP) is 1.51. The van der Waals surface area contributed by atoms with Crippen molar-refractivity contribution in [3.05, 3.63) is 0 Å². The Kier molecular flexibility index (Phi) is 3.83. The molecule has 0 saturated heterocycles. The van der Waals surface area contributed by atoms with Gasteiger partial charge >= 0.3 is 5.97 Å². The van der Waals surface area contributed by atoms with Crippen LogP contribution in [-0.2, 0) is 19.1 Å². The molecule has 0 aromatic rings. The number of ether oxygens (including phenoxy) is 1. The van der Waals surface area contributed by atoms with Crippen LogP contribution in [0, 0.1) is 11.3 Å². The van der Waals surface area contributed by atoms with E-state index in [0.29, 0.717) is 6.42 Å². The number of rotatable bonds is 6. The summed E-state index contributed by atoms with van der Waals surface area (Å²) < 4.78 is 4.90. The van der Waals surface area contributed by atoms with Gasteiger partial charge in [0, 0.05) is 6.42 Å². The second-order valence-corrected chi connectivity index (χ2v) is 4.54. The van der Waals surface area contributed by atoms with Crippen LogP contribution in [0.25, 0.3) is 0 Å². The molecule has 1 unspecified atom stereocenters. The molecule has 90 valence electrons. The fraction of sp³-hybridized carbons (Fsp3) is 0.750. The fourth-order valence-corrected chi connectivity index (χ4v) is 2.30. The third-order valence-electron chi connectivity index (χ3n) is 3.03. The zero-order chi connectivity index (χ0) is 12.3. The van der Waals surface area contributed by atoms with Crippen LogP contribution in [0.15, 0.2) is 0 Å². The van der Waals surface area contributed by atoms with E-state index in [1.54, 1.807) is 6.92 Å². The first kappa shape index (κ1) is 12.9. The highest BCUT2D eigenvalue weighted by molar-refractivity contribution is 5.99. The molecule has 0 spiro atoms. The number of carbonyl (C=O) groups excluding carboxylic acids is 3. The van der Waals surface area contributed by atoms with Crippen molar-refractivity contribution in [3.63, 3.8) is 0 Å². The van der Waals surface area contributed by atoms with Crippen molar-refractivity contribution in [1.29, 1.82) is 0 Å². The number of Topliss-reactive ketones (excluding diaryl/α,β-unsaturated/α-hetero) is 2. The molecule has 0 amide bonds. The number of hydrogen-bond acceptors (Lipinski definition) is 4. The van der Waals surface area contributed by atoms with Gasteiger partial charge in [-0.1, -0.05) is 0 Å². The first-order chi connectivity index (χ1) is 7.43. The van der Waals surface area contributed by atoms with Crippen LogP contribution in [0.2, 0.25) is 0 Å². The average molecular weight is 226 g/mol.